The van der Waals surface area contributed by atoms with E-state index in [0.29, 0.717) is 13.2 Å². The number of rotatable bonds is 15. The summed E-state index contributed by atoms with van der Waals surface area (Å²) in [5.74, 6) is 0. The lowest BCUT2D eigenvalue weighted by Gasteiger charge is -2.25. The maximum atomic E-state index is 11.0. The molecule has 0 saturated heterocycles. The first kappa shape index (κ1) is 24.2. The summed E-state index contributed by atoms with van der Waals surface area (Å²) in [5, 5.41) is 0. The Balaban J connectivity index is 3.72. The molecule has 0 radical (unpaired) electrons. The van der Waals surface area contributed by atoms with Crippen LogP contribution in [0.5, 0.6) is 0 Å². The van der Waals surface area contributed by atoms with Gasteiger partial charge in [-0.1, -0.05) is 38.8 Å². The third-order valence-electron chi connectivity index (χ3n) is 3.99. The minimum Gasteiger partial charge on any atom is -0.434 e. The number of ether oxygens (including phenoxy) is 4. The van der Waals surface area contributed by atoms with Crippen LogP contribution in [0.2, 0.25) is 18.6 Å². The van der Waals surface area contributed by atoms with Crippen molar-refractivity contribution in [1.29, 1.82) is 0 Å². The molecule has 0 aliphatic heterocycles. The molecule has 0 aromatic heterocycles. The minimum atomic E-state index is -1.70. The predicted octanol–water partition coefficient (Wildman–Crippen LogP) is 5.14. The lowest BCUT2D eigenvalue weighted by molar-refractivity contribution is 0.0825. The molecule has 0 atom stereocenters. The summed E-state index contributed by atoms with van der Waals surface area (Å²) in [6.45, 7) is 9.52. The summed E-state index contributed by atoms with van der Waals surface area (Å²) >= 11 is 0. The van der Waals surface area contributed by atoms with E-state index in [1.807, 2.05) is 0 Å². The fourth-order valence-corrected chi connectivity index (χ4v) is 5.05. The SMILES string of the molecule is C=COC(=O)OCCCCC[Si](C)(CCCCCOC(=O)OC=C)OC. The molecule has 7 nitrogen and oxygen atoms in total. The van der Waals surface area contributed by atoms with Crippen molar-refractivity contribution in [2.24, 2.45) is 0 Å². The van der Waals surface area contributed by atoms with Crippen LogP contribution in [0.1, 0.15) is 38.5 Å². The summed E-state index contributed by atoms with van der Waals surface area (Å²) in [5.41, 5.74) is 0. The van der Waals surface area contributed by atoms with Gasteiger partial charge in [-0.25, -0.2) is 9.59 Å². The zero-order valence-electron chi connectivity index (χ0n) is 16.0. The summed E-state index contributed by atoms with van der Waals surface area (Å²) in [7, 11) is 0.0826. The van der Waals surface area contributed by atoms with Gasteiger partial charge >= 0.3 is 12.3 Å². The topological polar surface area (TPSA) is 80.3 Å². The van der Waals surface area contributed by atoms with Crippen LogP contribution in [-0.2, 0) is 23.4 Å². The average Bonchev–Trinajstić information content (AvgIpc) is 2.61. The molecule has 0 heterocycles. The molecule has 0 amide bonds. The van der Waals surface area contributed by atoms with Gasteiger partial charge in [-0.2, -0.15) is 0 Å². The van der Waals surface area contributed by atoms with Gasteiger partial charge < -0.3 is 23.4 Å². The molecule has 26 heavy (non-hydrogen) atoms. The normalized spacial score (nSPS) is 10.7. The van der Waals surface area contributed by atoms with E-state index in [4.69, 9.17) is 13.9 Å². The fourth-order valence-electron chi connectivity index (χ4n) is 2.40. The van der Waals surface area contributed by atoms with Crippen molar-refractivity contribution >= 4 is 20.6 Å². The van der Waals surface area contributed by atoms with Gasteiger partial charge in [-0.15, -0.1) is 0 Å². The van der Waals surface area contributed by atoms with Gasteiger partial charge in [0.25, 0.3) is 0 Å². The number of carbonyl (C=O) groups is 2. The Morgan fingerprint density at radius 2 is 1.23 bits per heavy atom. The summed E-state index contributed by atoms with van der Waals surface area (Å²) in [4.78, 5) is 22.0. The summed E-state index contributed by atoms with van der Waals surface area (Å²) < 4.78 is 24.5. The first-order valence-corrected chi connectivity index (χ1v) is 11.7. The monoisotopic (exact) mass is 388 g/mol. The van der Waals surface area contributed by atoms with Crippen molar-refractivity contribution in [2.45, 2.75) is 57.2 Å². The molecule has 0 N–H and O–H groups in total. The molecular weight excluding hydrogens is 356 g/mol. The molecule has 0 aromatic carbocycles. The highest BCUT2D eigenvalue weighted by molar-refractivity contribution is 6.72. The Labute approximate surface area is 157 Å². The number of hydrogen-bond donors (Lipinski definition) is 0. The standard InChI is InChI=1S/C18H32O7Si/c1-5-22-17(19)24-13-9-7-11-15-26(4,21-3)16-12-8-10-14-25-18(20)23-6-2/h5-6H,1-2,7-16H2,3-4H3. The molecule has 0 rings (SSSR count). The molecule has 150 valence electrons. The lowest BCUT2D eigenvalue weighted by atomic mass is 10.3. The molecule has 0 aromatic rings. The maximum absolute atomic E-state index is 11.0. The Morgan fingerprint density at radius 3 is 1.58 bits per heavy atom. The van der Waals surface area contributed by atoms with Crippen molar-refractivity contribution < 1.29 is 33.0 Å². The number of unbranched alkanes of at least 4 members (excludes halogenated alkanes) is 4. The van der Waals surface area contributed by atoms with E-state index >= 15 is 0 Å². The van der Waals surface area contributed by atoms with Gasteiger partial charge in [0.1, 0.15) is 0 Å². The van der Waals surface area contributed by atoms with Crippen LogP contribution in [0.15, 0.2) is 25.7 Å². The van der Waals surface area contributed by atoms with Gasteiger partial charge in [0.05, 0.1) is 25.7 Å². The first-order valence-electron chi connectivity index (χ1n) is 8.91. The van der Waals surface area contributed by atoms with Crippen LogP contribution in [0.4, 0.5) is 9.59 Å². The Morgan fingerprint density at radius 1 is 0.808 bits per heavy atom. The second-order valence-electron chi connectivity index (χ2n) is 6.04. The van der Waals surface area contributed by atoms with E-state index in [1.54, 1.807) is 7.11 Å². The number of hydrogen-bond acceptors (Lipinski definition) is 7. The lowest BCUT2D eigenvalue weighted by Crippen LogP contribution is -2.32. The van der Waals surface area contributed by atoms with Crippen LogP contribution in [0.25, 0.3) is 0 Å². The Hall–Kier alpha value is -1.80. The number of carbonyl (C=O) groups excluding carboxylic acids is 2. The zero-order valence-corrected chi connectivity index (χ0v) is 17.0. The van der Waals surface area contributed by atoms with E-state index in [2.05, 4.69) is 29.2 Å². The Bertz CT molecular complexity index is 392. The zero-order chi connectivity index (χ0) is 19.7. The summed E-state index contributed by atoms with van der Waals surface area (Å²) in [6.07, 6.45) is 6.35. The van der Waals surface area contributed by atoms with Crippen molar-refractivity contribution in [2.75, 3.05) is 20.3 Å². The Kier molecular flexibility index (Phi) is 14.4. The first-order chi connectivity index (χ1) is 12.5. The van der Waals surface area contributed by atoms with Crippen molar-refractivity contribution in [3.05, 3.63) is 25.7 Å². The van der Waals surface area contributed by atoms with Crippen LogP contribution in [-0.4, -0.2) is 41.0 Å². The van der Waals surface area contributed by atoms with Crippen LogP contribution in [0.3, 0.4) is 0 Å². The second-order valence-corrected chi connectivity index (χ2v) is 10.3. The maximum Gasteiger partial charge on any atom is 0.513 e. The van der Waals surface area contributed by atoms with E-state index in [0.717, 1.165) is 63.1 Å². The largest absolute Gasteiger partial charge is 0.513 e. The van der Waals surface area contributed by atoms with Gasteiger partial charge in [0.2, 0.25) is 0 Å². The van der Waals surface area contributed by atoms with Gasteiger partial charge in [-0.3, -0.25) is 0 Å². The highest BCUT2D eigenvalue weighted by atomic mass is 28.4. The highest BCUT2D eigenvalue weighted by Gasteiger charge is 2.26. The van der Waals surface area contributed by atoms with Gasteiger partial charge in [0.15, 0.2) is 8.32 Å². The molecule has 0 unspecified atom stereocenters. The second kappa shape index (κ2) is 15.5. The van der Waals surface area contributed by atoms with Crippen molar-refractivity contribution in [3.8, 4) is 0 Å². The van der Waals surface area contributed by atoms with E-state index in [9.17, 15) is 9.59 Å². The van der Waals surface area contributed by atoms with E-state index in [-0.39, 0.29) is 0 Å². The highest BCUT2D eigenvalue weighted by Crippen LogP contribution is 2.23. The van der Waals surface area contributed by atoms with Gasteiger partial charge in [0, 0.05) is 7.11 Å². The molecule has 0 spiro atoms. The van der Waals surface area contributed by atoms with Crippen LogP contribution < -0.4 is 0 Å². The molecule has 8 heteroatoms. The van der Waals surface area contributed by atoms with Crippen LogP contribution in [0, 0.1) is 0 Å². The predicted molar refractivity (Wildman–Crippen MR) is 101 cm³/mol. The molecule has 0 aliphatic carbocycles. The van der Waals surface area contributed by atoms with Crippen LogP contribution >= 0.6 is 0 Å². The quantitative estimate of drug-likeness (QED) is 0.166. The molecule has 0 fully saturated rings. The van der Waals surface area contributed by atoms with Gasteiger partial charge in [-0.05, 0) is 31.5 Å². The van der Waals surface area contributed by atoms with E-state index in [1.165, 1.54) is 0 Å². The third-order valence-corrected chi connectivity index (χ3v) is 7.80. The molecule has 0 saturated carbocycles. The minimum absolute atomic E-state index is 0.353. The smallest absolute Gasteiger partial charge is 0.434 e. The average molecular weight is 389 g/mol. The fraction of sp³-hybridized carbons (Fsp3) is 0.667. The van der Waals surface area contributed by atoms with Crippen molar-refractivity contribution in [1.82, 2.24) is 0 Å². The van der Waals surface area contributed by atoms with Crippen molar-refractivity contribution in [3.63, 3.8) is 0 Å². The molecule has 0 bridgehead atoms. The van der Waals surface area contributed by atoms with E-state index < -0.39 is 20.6 Å². The molecule has 0 aliphatic rings. The molecular formula is C18H32O7Si. The third kappa shape index (κ3) is 13.5. The summed E-state index contributed by atoms with van der Waals surface area (Å²) in [6, 6.07) is 2.14.